The molecule has 0 spiro atoms. The van der Waals surface area contributed by atoms with Gasteiger partial charge in [-0.05, 0) is 44.7 Å². The Hall–Kier alpha value is -2.64. The molecule has 0 bridgehead atoms. The fourth-order valence-corrected chi connectivity index (χ4v) is 4.39. The molecule has 6 nitrogen and oxygen atoms in total. The SMILES string of the molecule is CN1CCC(C)(C(N)=O)C(C)(C)C1=S(=O)=O.c1ccc(Oc2ccccc2)cc1. The van der Waals surface area contributed by atoms with Crippen molar-refractivity contribution in [1.29, 1.82) is 0 Å². The topological polar surface area (TPSA) is 89.7 Å². The molecule has 3 rings (SSSR count). The Morgan fingerprint density at radius 1 is 0.966 bits per heavy atom. The molecule has 29 heavy (non-hydrogen) atoms. The lowest BCUT2D eigenvalue weighted by molar-refractivity contribution is -0.132. The lowest BCUT2D eigenvalue weighted by Crippen LogP contribution is -2.59. The summed E-state index contributed by atoms with van der Waals surface area (Å²) >= 11 is 0. The Balaban J connectivity index is 0.000000211. The molecule has 156 valence electrons. The summed E-state index contributed by atoms with van der Waals surface area (Å²) in [7, 11) is -0.614. The molecule has 2 N–H and O–H groups in total. The molecule has 1 atom stereocenters. The van der Waals surface area contributed by atoms with Crippen LogP contribution in [-0.4, -0.2) is 37.8 Å². The molecular weight excluding hydrogens is 388 g/mol. The zero-order valence-corrected chi connectivity index (χ0v) is 18.1. The number of carbonyl (C=O) groups excluding carboxylic acids is 1. The number of hydrogen-bond acceptors (Lipinski definition) is 4. The number of carbonyl (C=O) groups is 1. The van der Waals surface area contributed by atoms with Crippen LogP contribution in [-0.2, 0) is 15.1 Å². The van der Waals surface area contributed by atoms with Crippen LogP contribution in [0.2, 0.25) is 0 Å². The number of benzene rings is 2. The summed E-state index contributed by atoms with van der Waals surface area (Å²) in [4.78, 5) is 13.5. The molecule has 1 aliphatic heterocycles. The van der Waals surface area contributed by atoms with E-state index in [4.69, 9.17) is 10.5 Å². The Labute approximate surface area is 173 Å². The van der Waals surface area contributed by atoms with Gasteiger partial charge in [0.25, 0.3) is 0 Å². The minimum absolute atomic E-state index is 0.250. The summed E-state index contributed by atoms with van der Waals surface area (Å²) in [5.41, 5.74) is 3.81. The predicted molar refractivity (Wildman–Crippen MR) is 115 cm³/mol. The van der Waals surface area contributed by atoms with Gasteiger partial charge >= 0.3 is 0 Å². The minimum Gasteiger partial charge on any atom is -0.457 e. The highest BCUT2D eigenvalue weighted by Crippen LogP contribution is 2.46. The van der Waals surface area contributed by atoms with Crippen molar-refractivity contribution in [3.63, 3.8) is 0 Å². The summed E-state index contributed by atoms with van der Waals surface area (Å²) in [5.74, 6) is 1.29. The molecule has 0 aromatic heterocycles. The number of piperidine rings is 1. The van der Waals surface area contributed by atoms with Gasteiger partial charge in [-0.1, -0.05) is 50.2 Å². The normalized spacial score (nSPS) is 20.9. The first kappa shape index (κ1) is 22.6. The number of ether oxygens (including phenoxy) is 1. The summed E-state index contributed by atoms with van der Waals surface area (Å²) in [6.07, 6.45) is 0.562. The van der Waals surface area contributed by atoms with Gasteiger partial charge in [0.05, 0.1) is 5.41 Å². The van der Waals surface area contributed by atoms with Crippen molar-refractivity contribution in [3.8, 4) is 11.5 Å². The van der Waals surface area contributed by atoms with Crippen molar-refractivity contribution in [2.45, 2.75) is 27.2 Å². The van der Waals surface area contributed by atoms with Gasteiger partial charge in [0.15, 0.2) is 0 Å². The van der Waals surface area contributed by atoms with Crippen LogP contribution in [0.15, 0.2) is 60.7 Å². The maximum atomic E-state index is 11.6. The number of hydrogen-bond donors (Lipinski definition) is 1. The largest absolute Gasteiger partial charge is 0.457 e. The quantitative estimate of drug-likeness (QED) is 0.775. The zero-order chi connectivity index (χ0) is 21.7. The van der Waals surface area contributed by atoms with Gasteiger partial charge in [-0.2, -0.15) is 8.42 Å². The smallest absolute Gasteiger partial charge is 0.229 e. The maximum Gasteiger partial charge on any atom is 0.229 e. The van der Waals surface area contributed by atoms with Gasteiger partial charge in [0.2, 0.25) is 16.2 Å². The first-order valence-corrected chi connectivity index (χ1v) is 10.4. The summed E-state index contributed by atoms with van der Waals surface area (Å²) < 4.78 is 28.1. The molecule has 1 fully saturated rings. The molecular formula is C22H28N2O4S. The zero-order valence-electron chi connectivity index (χ0n) is 17.3. The third kappa shape index (κ3) is 5.05. The lowest BCUT2D eigenvalue weighted by atomic mass is 9.62. The van der Waals surface area contributed by atoms with Crippen molar-refractivity contribution >= 4 is 21.2 Å². The van der Waals surface area contributed by atoms with Crippen molar-refractivity contribution in [1.82, 2.24) is 4.90 Å². The highest BCUT2D eigenvalue weighted by atomic mass is 32.2. The third-order valence-electron chi connectivity index (χ3n) is 5.63. The van der Waals surface area contributed by atoms with E-state index in [0.717, 1.165) is 11.5 Å². The summed E-state index contributed by atoms with van der Waals surface area (Å²) in [6.45, 7) is 5.75. The molecule has 2 aromatic rings. The maximum absolute atomic E-state index is 11.6. The fourth-order valence-electron chi connectivity index (χ4n) is 3.40. The van der Waals surface area contributed by atoms with E-state index >= 15 is 0 Å². The number of likely N-dealkylation sites (tertiary alicyclic amines) is 1. The van der Waals surface area contributed by atoms with E-state index < -0.39 is 27.0 Å². The third-order valence-corrected chi connectivity index (χ3v) is 6.77. The van der Waals surface area contributed by atoms with Crippen LogP contribution in [0.5, 0.6) is 11.5 Å². The minimum atomic E-state index is -2.33. The van der Waals surface area contributed by atoms with Crippen molar-refractivity contribution in [2.24, 2.45) is 16.6 Å². The average molecular weight is 417 g/mol. The van der Waals surface area contributed by atoms with Crippen LogP contribution >= 0.6 is 0 Å². The predicted octanol–water partition coefficient (Wildman–Crippen LogP) is 3.33. The van der Waals surface area contributed by atoms with Gasteiger partial charge in [-0.15, -0.1) is 0 Å². The molecule has 2 aromatic carbocycles. The highest BCUT2D eigenvalue weighted by molar-refractivity contribution is 7.73. The molecule has 1 saturated heterocycles. The van der Waals surface area contributed by atoms with E-state index in [0.29, 0.717) is 13.0 Å². The molecule has 0 aliphatic carbocycles. The van der Waals surface area contributed by atoms with Crippen molar-refractivity contribution < 1.29 is 17.9 Å². The molecule has 0 radical (unpaired) electrons. The Morgan fingerprint density at radius 3 is 1.79 bits per heavy atom. The number of nitrogens with zero attached hydrogens (tertiary/aromatic N) is 1. The van der Waals surface area contributed by atoms with E-state index in [1.54, 1.807) is 32.7 Å². The van der Waals surface area contributed by atoms with Crippen LogP contribution in [0, 0.1) is 10.8 Å². The second kappa shape index (κ2) is 9.24. The van der Waals surface area contributed by atoms with Crippen LogP contribution in [0.25, 0.3) is 0 Å². The number of nitrogens with two attached hydrogens (primary N) is 1. The van der Waals surface area contributed by atoms with Crippen LogP contribution in [0.3, 0.4) is 0 Å². The number of para-hydroxylation sites is 2. The standard InChI is InChI=1S/C12H10O.C10H18N2O3S/c1-3-7-11(8-4-1)13-12-9-5-2-6-10-12;1-9(2)8(16(14)15)12(4)6-5-10(9,3)7(11)13/h1-10H;5-6H2,1-4H3,(H2,11,13). The van der Waals surface area contributed by atoms with Crippen LogP contribution < -0.4 is 10.5 Å². The molecule has 7 heteroatoms. The number of rotatable bonds is 3. The van der Waals surface area contributed by atoms with E-state index in [-0.39, 0.29) is 4.99 Å². The summed E-state index contributed by atoms with van der Waals surface area (Å²) in [6, 6.07) is 19.5. The van der Waals surface area contributed by atoms with Crippen molar-refractivity contribution in [2.75, 3.05) is 13.6 Å². The second-order valence-corrected chi connectivity index (χ2v) is 8.62. The monoisotopic (exact) mass is 416 g/mol. The van der Waals surface area contributed by atoms with Gasteiger partial charge in [-0.25, -0.2) is 0 Å². The van der Waals surface area contributed by atoms with Gasteiger partial charge in [-0.3, -0.25) is 9.69 Å². The van der Waals surface area contributed by atoms with E-state index in [2.05, 4.69) is 0 Å². The van der Waals surface area contributed by atoms with E-state index in [1.807, 2.05) is 60.7 Å². The van der Waals surface area contributed by atoms with Gasteiger partial charge in [0, 0.05) is 12.0 Å². The van der Waals surface area contributed by atoms with Gasteiger partial charge < -0.3 is 10.5 Å². The molecule has 1 heterocycles. The fraction of sp³-hybridized carbons (Fsp3) is 0.364. The molecule has 0 saturated carbocycles. The number of primary amides is 1. The molecule has 1 amide bonds. The summed E-state index contributed by atoms with van der Waals surface area (Å²) in [5, 5.41) is 0. The number of amides is 1. The van der Waals surface area contributed by atoms with Crippen LogP contribution in [0.1, 0.15) is 27.2 Å². The lowest BCUT2D eigenvalue weighted by Gasteiger charge is -2.48. The molecule has 1 unspecified atom stereocenters. The van der Waals surface area contributed by atoms with Crippen LogP contribution in [0.4, 0.5) is 0 Å². The highest BCUT2D eigenvalue weighted by Gasteiger charge is 2.53. The van der Waals surface area contributed by atoms with E-state index in [9.17, 15) is 13.2 Å². The molecule has 1 aliphatic rings. The Bertz CT molecular complexity index is 927. The Kier molecular flexibility index (Phi) is 7.21. The first-order chi connectivity index (χ1) is 13.6. The second-order valence-electron chi connectivity index (χ2n) is 7.76. The Morgan fingerprint density at radius 2 is 1.41 bits per heavy atom. The van der Waals surface area contributed by atoms with Gasteiger partial charge in [0.1, 0.15) is 16.5 Å². The van der Waals surface area contributed by atoms with E-state index in [1.165, 1.54) is 0 Å². The van der Waals surface area contributed by atoms with Crippen molar-refractivity contribution in [3.05, 3.63) is 60.7 Å². The average Bonchev–Trinajstić information content (AvgIpc) is 2.66. The first-order valence-electron chi connectivity index (χ1n) is 9.35.